The van der Waals surface area contributed by atoms with Gasteiger partial charge in [-0.3, -0.25) is 9.69 Å². The molecule has 142 valence electrons. The van der Waals surface area contributed by atoms with Crippen LogP contribution in [0.15, 0.2) is 23.1 Å². The fraction of sp³-hybridized carbons (Fsp3) is 0.467. The van der Waals surface area contributed by atoms with Crippen LogP contribution >= 0.6 is 0 Å². The number of hydrogen-bond acceptors (Lipinski definition) is 6. The van der Waals surface area contributed by atoms with E-state index in [-0.39, 0.29) is 45.9 Å². The van der Waals surface area contributed by atoms with Gasteiger partial charge in [-0.25, -0.2) is 26.9 Å². The highest BCUT2D eigenvalue weighted by molar-refractivity contribution is 7.89. The van der Waals surface area contributed by atoms with Gasteiger partial charge in [-0.15, -0.1) is 0 Å². The molecule has 0 radical (unpaired) electrons. The standard InChI is InChI=1S/C15H17F2N3O5S/c16-11-1-2-12(17)13(9-11)26(23,24)19-5-3-18(4-6-19)10-14(21)20-7-8-25-15(20)22/h1-2,9H,3-8,10H2. The van der Waals surface area contributed by atoms with E-state index in [0.29, 0.717) is 6.07 Å². The Bertz CT molecular complexity index is 825. The van der Waals surface area contributed by atoms with Crippen LogP contribution in [0.3, 0.4) is 0 Å². The van der Waals surface area contributed by atoms with E-state index in [4.69, 9.17) is 4.74 Å². The largest absolute Gasteiger partial charge is 0.447 e. The second-order valence-corrected chi connectivity index (χ2v) is 7.82. The Balaban J connectivity index is 1.62. The van der Waals surface area contributed by atoms with Crippen molar-refractivity contribution in [2.45, 2.75) is 4.90 Å². The van der Waals surface area contributed by atoms with Crippen molar-refractivity contribution >= 4 is 22.0 Å². The summed E-state index contributed by atoms with van der Waals surface area (Å²) < 4.78 is 57.9. The van der Waals surface area contributed by atoms with Crippen molar-refractivity contribution in [2.24, 2.45) is 0 Å². The number of amides is 2. The van der Waals surface area contributed by atoms with Crippen molar-refractivity contribution < 1.29 is 31.5 Å². The Kier molecular flexibility index (Phi) is 5.21. The minimum absolute atomic E-state index is 0.0238. The Morgan fingerprint density at radius 1 is 1.12 bits per heavy atom. The first kappa shape index (κ1) is 18.7. The summed E-state index contributed by atoms with van der Waals surface area (Å²) in [7, 11) is -4.17. The van der Waals surface area contributed by atoms with Gasteiger partial charge >= 0.3 is 6.09 Å². The van der Waals surface area contributed by atoms with E-state index in [0.717, 1.165) is 21.3 Å². The third-order valence-electron chi connectivity index (χ3n) is 4.26. The molecule has 0 unspecified atom stereocenters. The smallest absolute Gasteiger partial charge is 0.416 e. The molecule has 0 saturated carbocycles. The average Bonchev–Trinajstić information content (AvgIpc) is 3.03. The number of hydrogen-bond donors (Lipinski definition) is 0. The second kappa shape index (κ2) is 7.25. The SMILES string of the molecule is O=C(CN1CCN(S(=O)(=O)c2cc(F)ccc2F)CC1)N1CCOC1=O. The van der Waals surface area contributed by atoms with Crippen molar-refractivity contribution in [3.05, 3.63) is 29.8 Å². The first-order valence-electron chi connectivity index (χ1n) is 7.94. The fourth-order valence-corrected chi connectivity index (χ4v) is 4.34. The normalized spacial score (nSPS) is 19.6. The molecule has 8 nitrogen and oxygen atoms in total. The minimum Gasteiger partial charge on any atom is -0.447 e. The van der Waals surface area contributed by atoms with E-state index in [1.165, 1.54) is 0 Å². The number of cyclic esters (lactones) is 1. The van der Waals surface area contributed by atoms with Gasteiger partial charge in [0, 0.05) is 26.2 Å². The predicted octanol–water partition coefficient (Wildman–Crippen LogP) is 0.250. The number of rotatable bonds is 4. The molecule has 0 aliphatic carbocycles. The molecule has 11 heteroatoms. The molecular formula is C15H17F2N3O5S. The molecule has 2 heterocycles. The highest BCUT2D eigenvalue weighted by Gasteiger charge is 2.33. The second-order valence-electron chi connectivity index (χ2n) is 5.91. The molecule has 26 heavy (non-hydrogen) atoms. The number of carbonyl (C=O) groups excluding carboxylic acids is 2. The Labute approximate surface area is 149 Å². The Morgan fingerprint density at radius 2 is 1.81 bits per heavy atom. The number of halogens is 2. The fourth-order valence-electron chi connectivity index (χ4n) is 2.84. The van der Waals surface area contributed by atoms with E-state index in [9.17, 15) is 26.8 Å². The molecular weight excluding hydrogens is 372 g/mol. The van der Waals surface area contributed by atoms with E-state index in [1.54, 1.807) is 4.90 Å². The molecule has 2 saturated heterocycles. The van der Waals surface area contributed by atoms with Gasteiger partial charge < -0.3 is 4.74 Å². The number of benzene rings is 1. The molecule has 0 atom stereocenters. The van der Waals surface area contributed by atoms with E-state index < -0.39 is 38.6 Å². The molecule has 3 rings (SSSR count). The van der Waals surface area contributed by atoms with Crippen LogP contribution in [0, 0.1) is 11.6 Å². The summed E-state index contributed by atoms with van der Waals surface area (Å²) >= 11 is 0. The van der Waals surface area contributed by atoms with E-state index in [2.05, 4.69) is 0 Å². The third kappa shape index (κ3) is 3.69. The maximum atomic E-state index is 13.8. The van der Waals surface area contributed by atoms with Crippen LogP contribution in [-0.2, 0) is 19.6 Å². The molecule has 1 aromatic carbocycles. The quantitative estimate of drug-likeness (QED) is 0.734. The summed E-state index contributed by atoms with van der Waals surface area (Å²) in [5.74, 6) is -2.27. The van der Waals surface area contributed by atoms with Crippen molar-refractivity contribution in [2.75, 3.05) is 45.9 Å². The van der Waals surface area contributed by atoms with Gasteiger partial charge in [-0.1, -0.05) is 0 Å². The van der Waals surface area contributed by atoms with Crippen LogP contribution in [0.5, 0.6) is 0 Å². The van der Waals surface area contributed by atoms with Gasteiger partial charge in [0.1, 0.15) is 23.1 Å². The number of sulfonamides is 1. The lowest BCUT2D eigenvalue weighted by atomic mass is 10.3. The highest BCUT2D eigenvalue weighted by atomic mass is 32.2. The van der Waals surface area contributed by atoms with Gasteiger partial charge in [-0.2, -0.15) is 4.31 Å². The Hall–Kier alpha value is -2.11. The average molecular weight is 389 g/mol. The summed E-state index contributed by atoms with van der Waals surface area (Å²) in [6, 6.07) is 2.27. The lowest BCUT2D eigenvalue weighted by molar-refractivity contribution is -0.129. The predicted molar refractivity (Wildman–Crippen MR) is 84.6 cm³/mol. The third-order valence-corrected chi connectivity index (χ3v) is 6.18. The highest BCUT2D eigenvalue weighted by Crippen LogP contribution is 2.21. The molecule has 2 fully saturated rings. The maximum absolute atomic E-state index is 13.8. The van der Waals surface area contributed by atoms with Crippen LogP contribution in [0.1, 0.15) is 0 Å². The molecule has 0 bridgehead atoms. The molecule has 0 spiro atoms. The molecule has 2 aliphatic rings. The number of piperazine rings is 1. The summed E-state index contributed by atoms with van der Waals surface area (Å²) in [5, 5.41) is 0. The molecule has 2 amide bonds. The van der Waals surface area contributed by atoms with E-state index in [1.807, 2.05) is 0 Å². The minimum atomic E-state index is -4.17. The van der Waals surface area contributed by atoms with Crippen molar-refractivity contribution in [3.8, 4) is 0 Å². The van der Waals surface area contributed by atoms with Gasteiger partial charge in [-0.05, 0) is 18.2 Å². The topological polar surface area (TPSA) is 87.2 Å². The van der Waals surface area contributed by atoms with Crippen molar-refractivity contribution in [1.29, 1.82) is 0 Å². The molecule has 0 N–H and O–H groups in total. The number of carbonyl (C=O) groups is 2. The maximum Gasteiger partial charge on any atom is 0.416 e. The van der Waals surface area contributed by atoms with Crippen molar-refractivity contribution in [3.63, 3.8) is 0 Å². The summed E-state index contributed by atoms with van der Waals surface area (Å²) in [6.45, 7) is 0.819. The van der Waals surface area contributed by atoms with E-state index >= 15 is 0 Å². The van der Waals surface area contributed by atoms with Gasteiger partial charge in [0.25, 0.3) is 0 Å². The van der Waals surface area contributed by atoms with Crippen LogP contribution in [0.4, 0.5) is 13.6 Å². The first-order valence-corrected chi connectivity index (χ1v) is 9.38. The summed E-state index contributed by atoms with van der Waals surface area (Å²) in [4.78, 5) is 25.4. The summed E-state index contributed by atoms with van der Waals surface area (Å²) in [6.07, 6.45) is -0.683. The number of ether oxygens (including phenoxy) is 1. The molecule has 0 aromatic heterocycles. The molecule has 2 aliphatic heterocycles. The zero-order chi connectivity index (χ0) is 18.9. The Morgan fingerprint density at radius 3 is 2.42 bits per heavy atom. The number of imide groups is 1. The number of nitrogens with zero attached hydrogens (tertiary/aromatic N) is 3. The van der Waals surface area contributed by atoms with Gasteiger partial charge in [0.05, 0.1) is 13.1 Å². The zero-order valence-electron chi connectivity index (χ0n) is 13.7. The monoisotopic (exact) mass is 389 g/mol. The molecule has 1 aromatic rings. The van der Waals surface area contributed by atoms with Crippen molar-refractivity contribution in [1.82, 2.24) is 14.1 Å². The zero-order valence-corrected chi connectivity index (χ0v) is 14.5. The first-order chi connectivity index (χ1) is 12.3. The van der Waals surface area contributed by atoms with Gasteiger partial charge in [0.15, 0.2) is 0 Å². The van der Waals surface area contributed by atoms with Crippen LogP contribution in [-0.4, -0.2) is 80.4 Å². The lowest BCUT2D eigenvalue weighted by Crippen LogP contribution is -2.51. The van der Waals surface area contributed by atoms with Crippen LogP contribution in [0.25, 0.3) is 0 Å². The summed E-state index contributed by atoms with van der Waals surface area (Å²) in [5.41, 5.74) is 0. The lowest BCUT2D eigenvalue weighted by Gasteiger charge is -2.33. The van der Waals surface area contributed by atoms with Crippen LogP contribution < -0.4 is 0 Å². The van der Waals surface area contributed by atoms with Gasteiger partial charge in [0.2, 0.25) is 15.9 Å². The van der Waals surface area contributed by atoms with Crippen LogP contribution in [0.2, 0.25) is 0 Å².